The van der Waals surface area contributed by atoms with Crippen molar-refractivity contribution >= 4 is 23.8 Å². The maximum atomic E-state index is 6.58. The summed E-state index contributed by atoms with van der Waals surface area (Å²) < 4.78 is 11.2. The summed E-state index contributed by atoms with van der Waals surface area (Å²) in [7, 11) is 0. The molecule has 1 atom stereocenters. The van der Waals surface area contributed by atoms with Crippen LogP contribution < -0.4 is 11.5 Å². The smallest absolute Gasteiger partial charge is 0.0738 e. The number of nitrogens with two attached hydrogens (primary N) is 2. The van der Waals surface area contributed by atoms with Gasteiger partial charge in [-0.25, -0.2) is 0 Å². The van der Waals surface area contributed by atoms with Gasteiger partial charge in [-0.2, -0.15) is 0 Å². The molecule has 0 radical (unpaired) electrons. The second kappa shape index (κ2) is 13.2. The monoisotopic (exact) mass is 465 g/mol. The minimum atomic E-state index is -0.0866. The highest BCUT2D eigenvalue weighted by molar-refractivity contribution is 6.32. The third-order valence-corrected chi connectivity index (χ3v) is 5.71. The highest BCUT2D eigenvalue weighted by Crippen LogP contribution is 2.26. The van der Waals surface area contributed by atoms with Crippen molar-refractivity contribution in [1.82, 2.24) is 4.98 Å². The molecule has 0 bridgehead atoms. The first kappa shape index (κ1) is 25.1. The average molecular weight is 466 g/mol. The molecule has 0 aliphatic rings. The van der Waals surface area contributed by atoms with Gasteiger partial charge in [0.25, 0.3) is 0 Å². The molecule has 4 N–H and O–H groups in total. The first-order chi connectivity index (χ1) is 16.1. The SMILES string of the molecule is Cc1c(-c2ccccc2)ccnc1/C=C/c1ccc(CC(CN)OCCOCCN)cc1Cl. The van der Waals surface area contributed by atoms with Crippen molar-refractivity contribution in [3.63, 3.8) is 0 Å². The predicted octanol–water partition coefficient (Wildman–Crippen LogP) is 4.74. The third-order valence-electron chi connectivity index (χ3n) is 5.38. The Morgan fingerprint density at radius 1 is 1.00 bits per heavy atom. The summed E-state index contributed by atoms with van der Waals surface area (Å²) in [6, 6.07) is 18.4. The molecule has 5 nitrogen and oxygen atoms in total. The molecular weight excluding hydrogens is 434 g/mol. The Morgan fingerprint density at radius 3 is 2.55 bits per heavy atom. The molecule has 6 heteroatoms. The largest absolute Gasteiger partial charge is 0.378 e. The van der Waals surface area contributed by atoms with Crippen molar-refractivity contribution in [3.8, 4) is 11.1 Å². The van der Waals surface area contributed by atoms with Crippen molar-refractivity contribution in [2.75, 3.05) is 32.9 Å². The number of hydrogen-bond acceptors (Lipinski definition) is 5. The number of benzene rings is 2. The zero-order valence-corrected chi connectivity index (χ0v) is 19.8. The van der Waals surface area contributed by atoms with Crippen LogP contribution in [-0.4, -0.2) is 44.0 Å². The highest BCUT2D eigenvalue weighted by atomic mass is 35.5. The van der Waals surface area contributed by atoms with Gasteiger partial charge in [-0.3, -0.25) is 4.98 Å². The lowest BCUT2D eigenvalue weighted by atomic mass is 9.99. The summed E-state index contributed by atoms with van der Waals surface area (Å²) in [5, 5.41) is 0.683. The topological polar surface area (TPSA) is 83.4 Å². The molecule has 1 unspecified atom stereocenters. The molecule has 0 spiro atoms. The van der Waals surface area contributed by atoms with Crippen molar-refractivity contribution in [3.05, 3.63) is 88.2 Å². The lowest BCUT2D eigenvalue weighted by molar-refractivity contribution is 0.0105. The van der Waals surface area contributed by atoms with E-state index in [2.05, 4.69) is 30.1 Å². The van der Waals surface area contributed by atoms with Crippen LogP contribution in [0.3, 0.4) is 0 Å². The quantitative estimate of drug-likeness (QED) is 0.377. The van der Waals surface area contributed by atoms with Crippen molar-refractivity contribution in [2.24, 2.45) is 11.5 Å². The van der Waals surface area contributed by atoms with Gasteiger partial charge in [0.2, 0.25) is 0 Å². The van der Waals surface area contributed by atoms with Gasteiger partial charge in [0, 0.05) is 24.3 Å². The Morgan fingerprint density at radius 2 is 1.82 bits per heavy atom. The van der Waals surface area contributed by atoms with E-state index in [9.17, 15) is 0 Å². The van der Waals surface area contributed by atoms with Gasteiger partial charge >= 0.3 is 0 Å². The summed E-state index contributed by atoms with van der Waals surface area (Å²) in [6.07, 6.45) is 6.46. The summed E-state index contributed by atoms with van der Waals surface area (Å²) in [4.78, 5) is 4.55. The Balaban J connectivity index is 1.66. The summed E-state index contributed by atoms with van der Waals surface area (Å²) in [5.74, 6) is 0. The molecule has 33 heavy (non-hydrogen) atoms. The van der Waals surface area contributed by atoms with Gasteiger partial charge in [0.05, 0.1) is 31.6 Å². The van der Waals surface area contributed by atoms with Crippen LogP contribution in [0.15, 0.2) is 60.8 Å². The number of hydrogen-bond donors (Lipinski definition) is 2. The molecule has 174 valence electrons. The van der Waals surface area contributed by atoms with E-state index in [4.69, 9.17) is 32.5 Å². The zero-order chi connectivity index (χ0) is 23.5. The Labute approximate surface area is 201 Å². The minimum Gasteiger partial charge on any atom is -0.378 e. The van der Waals surface area contributed by atoms with Crippen LogP contribution in [0.1, 0.15) is 22.4 Å². The van der Waals surface area contributed by atoms with Gasteiger partial charge in [-0.15, -0.1) is 0 Å². The van der Waals surface area contributed by atoms with Gasteiger partial charge in [-0.05, 0) is 59.4 Å². The van der Waals surface area contributed by atoms with E-state index in [1.54, 1.807) is 0 Å². The highest BCUT2D eigenvalue weighted by Gasteiger charge is 2.10. The van der Waals surface area contributed by atoms with E-state index in [1.807, 2.05) is 54.7 Å². The first-order valence-electron chi connectivity index (χ1n) is 11.2. The maximum absolute atomic E-state index is 6.58. The molecule has 0 fully saturated rings. The van der Waals surface area contributed by atoms with Crippen LogP contribution in [0, 0.1) is 6.92 Å². The Kier molecular flexibility index (Phi) is 10.1. The van der Waals surface area contributed by atoms with Crippen LogP contribution in [0.4, 0.5) is 0 Å². The predicted molar refractivity (Wildman–Crippen MR) is 137 cm³/mol. The number of nitrogens with zero attached hydrogens (tertiary/aromatic N) is 1. The molecule has 3 rings (SSSR count). The fraction of sp³-hybridized carbons (Fsp3) is 0.296. The fourth-order valence-corrected chi connectivity index (χ4v) is 3.85. The summed E-state index contributed by atoms with van der Waals surface area (Å²) in [6.45, 7) is 4.56. The normalized spacial score (nSPS) is 12.4. The lowest BCUT2D eigenvalue weighted by Gasteiger charge is -2.16. The number of ether oxygens (including phenoxy) is 2. The molecule has 1 heterocycles. The Hall–Kier alpha value is -2.54. The second-order valence-corrected chi connectivity index (χ2v) is 8.16. The summed E-state index contributed by atoms with van der Waals surface area (Å²) >= 11 is 6.58. The van der Waals surface area contributed by atoms with Gasteiger partial charge < -0.3 is 20.9 Å². The van der Waals surface area contributed by atoms with Gasteiger partial charge in [-0.1, -0.05) is 60.1 Å². The van der Waals surface area contributed by atoms with E-state index in [1.165, 1.54) is 11.1 Å². The first-order valence-corrected chi connectivity index (χ1v) is 11.6. The van der Waals surface area contributed by atoms with Crippen LogP contribution in [0.2, 0.25) is 5.02 Å². The zero-order valence-electron chi connectivity index (χ0n) is 19.0. The van der Waals surface area contributed by atoms with Crippen LogP contribution in [-0.2, 0) is 15.9 Å². The fourth-order valence-electron chi connectivity index (χ4n) is 3.58. The lowest BCUT2D eigenvalue weighted by Crippen LogP contribution is -2.27. The molecule has 1 aromatic heterocycles. The summed E-state index contributed by atoms with van der Waals surface area (Å²) in [5.41, 5.74) is 17.7. The average Bonchev–Trinajstić information content (AvgIpc) is 2.84. The van der Waals surface area contributed by atoms with E-state index in [0.717, 1.165) is 22.4 Å². The van der Waals surface area contributed by atoms with Crippen LogP contribution >= 0.6 is 11.6 Å². The maximum Gasteiger partial charge on any atom is 0.0738 e. The molecular formula is C27H32ClN3O2. The van der Waals surface area contributed by atoms with Crippen molar-refractivity contribution in [1.29, 1.82) is 0 Å². The number of rotatable bonds is 12. The van der Waals surface area contributed by atoms with Crippen molar-refractivity contribution in [2.45, 2.75) is 19.4 Å². The van der Waals surface area contributed by atoms with Gasteiger partial charge in [0.1, 0.15) is 0 Å². The molecule has 0 saturated carbocycles. The van der Waals surface area contributed by atoms with E-state index in [0.29, 0.717) is 44.4 Å². The number of halogens is 1. The van der Waals surface area contributed by atoms with Gasteiger partial charge in [0.15, 0.2) is 0 Å². The molecule has 0 aliphatic carbocycles. The minimum absolute atomic E-state index is 0.0866. The van der Waals surface area contributed by atoms with E-state index < -0.39 is 0 Å². The standard InChI is InChI=1S/C27H32ClN3O2/c1-20-25(22-5-3-2-4-6-22)11-13-31-27(20)10-9-23-8-7-21(18-26(23)28)17-24(19-30)33-16-15-32-14-12-29/h2-11,13,18,24H,12,14-17,19,29-30H2,1H3/b10-9+. The molecule has 0 aliphatic heterocycles. The molecule has 2 aromatic carbocycles. The van der Waals surface area contributed by atoms with E-state index in [-0.39, 0.29) is 6.10 Å². The number of pyridine rings is 1. The van der Waals surface area contributed by atoms with Crippen molar-refractivity contribution < 1.29 is 9.47 Å². The second-order valence-electron chi connectivity index (χ2n) is 7.76. The Bertz CT molecular complexity index is 1040. The van der Waals surface area contributed by atoms with E-state index >= 15 is 0 Å². The third kappa shape index (κ3) is 7.49. The molecule has 0 amide bonds. The molecule has 0 saturated heterocycles. The number of aromatic nitrogens is 1. The van der Waals surface area contributed by atoms with Crippen LogP contribution in [0.25, 0.3) is 23.3 Å². The van der Waals surface area contributed by atoms with Crippen LogP contribution in [0.5, 0.6) is 0 Å². The molecule has 3 aromatic rings.